The van der Waals surface area contributed by atoms with Crippen molar-refractivity contribution >= 4 is 22.6 Å². The number of aromatic nitrogens is 3. The Bertz CT molecular complexity index is 714. The number of benzene rings is 1. The van der Waals surface area contributed by atoms with Crippen LogP contribution < -0.4 is 0 Å². The van der Waals surface area contributed by atoms with Gasteiger partial charge in [-0.3, -0.25) is 9.55 Å². The van der Waals surface area contributed by atoms with Crippen molar-refractivity contribution in [2.24, 2.45) is 0 Å². The summed E-state index contributed by atoms with van der Waals surface area (Å²) in [4.78, 5) is 8.85. The Labute approximate surface area is 116 Å². The van der Waals surface area contributed by atoms with E-state index in [0.29, 0.717) is 10.9 Å². The molecule has 0 saturated heterocycles. The lowest BCUT2D eigenvalue weighted by Crippen LogP contribution is -1.96. The summed E-state index contributed by atoms with van der Waals surface area (Å²) in [7, 11) is 0. The molecule has 0 saturated carbocycles. The molecule has 0 bridgehead atoms. The van der Waals surface area contributed by atoms with Gasteiger partial charge < -0.3 is 0 Å². The van der Waals surface area contributed by atoms with E-state index in [1.165, 1.54) is 0 Å². The predicted molar refractivity (Wildman–Crippen MR) is 78.0 cm³/mol. The van der Waals surface area contributed by atoms with Gasteiger partial charge in [0.25, 0.3) is 0 Å². The van der Waals surface area contributed by atoms with Crippen LogP contribution in [0.4, 0.5) is 0 Å². The lowest BCUT2D eigenvalue weighted by molar-refractivity contribution is 0.820. The summed E-state index contributed by atoms with van der Waals surface area (Å²) in [6.07, 6.45) is 3.67. The average Bonchev–Trinajstić information content (AvgIpc) is 2.81. The smallest absolute Gasteiger partial charge is 0.100 e. The number of imidazole rings is 1. The van der Waals surface area contributed by atoms with Crippen LogP contribution in [-0.4, -0.2) is 14.5 Å². The largest absolute Gasteiger partial charge is 0.297 e. The summed E-state index contributed by atoms with van der Waals surface area (Å²) in [6, 6.07) is 9.80. The van der Waals surface area contributed by atoms with E-state index in [0.717, 1.165) is 22.4 Å². The average molecular weight is 272 g/mol. The van der Waals surface area contributed by atoms with Gasteiger partial charge >= 0.3 is 0 Å². The first-order valence-corrected chi connectivity index (χ1v) is 6.62. The van der Waals surface area contributed by atoms with Gasteiger partial charge in [0.15, 0.2) is 0 Å². The van der Waals surface area contributed by atoms with E-state index in [4.69, 9.17) is 11.6 Å². The van der Waals surface area contributed by atoms with Gasteiger partial charge in [0.1, 0.15) is 6.33 Å². The second-order valence-electron chi connectivity index (χ2n) is 4.84. The van der Waals surface area contributed by atoms with Gasteiger partial charge in [-0.15, -0.1) is 0 Å². The Kier molecular flexibility index (Phi) is 2.99. The maximum absolute atomic E-state index is 6.05. The standard InChI is InChI=1S/C15H14ClN3/c1-10(2)13-6-4-12(8-17-13)19-9-18-14-5-3-11(16)7-15(14)19/h3-10H,1-2H3. The van der Waals surface area contributed by atoms with Crippen LogP contribution in [0.15, 0.2) is 42.9 Å². The summed E-state index contributed by atoms with van der Waals surface area (Å²) >= 11 is 6.05. The van der Waals surface area contributed by atoms with E-state index in [-0.39, 0.29) is 0 Å². The molecule has 0 aliphatic heterocycles. The van der Waals surface area contributed by atoms with Crippen LogP contribution in [-0.2, 0) is 0 Å². The Morgan fingerprint density at radius 3 is 2.63 bits per heavy atom. The molecular weight excluding hydrogens is 258 g/mol. The van der Waals surface area contributed by atoms with Crippen LogP contribution in [0.25, 0.3) is 16.7 Å². The monoisotopic (exact) mass is 271 g/mol. The third kappa shape index (κ3) is 2.22. The zero-order chi connectivity index (χ0) is 13.4. The second-order valence-corrected chi connectivity index (χ2v) is 5.28. The van der Waals surface area contributed by atoms with E-state index in [9.17, 15) is 0 Å². The molecular formula is C15H14ClN3. The normalized spacial score (nSPS) is 11.4. The molecule has 2 aromatic heterocycles. The number of pyridine rings is 1. The minimum Gasteiger partial charge on any atom is -0.297 e. The highest BCUT2D eigenvalue weighted by molar-refractivity contribution is 6.31. The highest BCUT2D eigenvalue weighted by Crippen LogP contribution is 2.22. The first-order valence-electron chi connectivity index (χ1n) is 6.24. The van der Waals surface area contributed by atoms with Crippen molar-refractivity contribution in [3.63, 3.8) is 0 Å². The van der Waals surface area contributed by atoms with Gasteiger partial charge in [-0.1, -0.05) is 25.4 Å². The van der Waals surface area contributed by atoms with E-state index in [1.807, 2.05) is 29.0 Å². The number of hydrogen-bond donors (Lipinski definition) is 0. The SMILES string of the molecule is CC(C)c1ccc(-n2cnc3ccc(Cl)cc32)cn1. The molecule has 0 aliphatic rings. The molecule has 3 aromatic rings. The molecule has 3 nitrogen and oxygen atoms in total. The van der Waals surface area contributed by atoms with Gasteiger partial charge in [0.05, 0.1) is 22.9 Å². The quantitative estimate of drug-likeness (QED) is 0.699. The van der Waals surface area contributed by atoms with E-state index < -0.39 is 0 Å². The predicted octanol–water partition coefficient (Wildman–Crippen LogP) is 4.20. The van der Waals surface area contributed by atoms with Gasteiger partial charge in [0.2, 0.25) is 0 Å². The molecule has 3 rings (SSSR count). The molecule has 0 fully saturated rings. The Balaban J connectivity index is 2.11. The molecule has 0 unspecified atom stereocenters. The minimum atomic E-state index is 0.433. The first-order chi connectivity index (χ1) is 9.15. The highest BCUT2D eigenvalue weighted by atomic mass is 35.5. The topological polar surface area (TPSA) is 30.7 Å². The third-order valence-electron chi connectivity index (χ3n) is 3.15. The van der Waals surface area contributed by atoms with Crippen LogP contribution in [0.2, 0.25) is 5.02 Å². The van der Waals surface area contributed by atoms with Crippen molar-refractivity contribution in [3.8, 4) is 5.69 Å². The number of rotatable bonds is 2. The lowest BCUT2D eigenvalue weighted by atomic mass is 10.1. The molecule has 0 atom stereocenters. The number of fused-ring (bicyclic) bond motifs is 1. The summed E-state index contributed by atoms with van der Waals surface area (Å²) in [6.45, 7) is 4.27. The highest BCUT2D eigenvalue weighted by Gasteiger charge is 2.06. The molecule has 0 aliphatic carbocycles. The maximum atomic E-state index is 6.05. The van der Waals surface area contributed by atoms with Crippen molar-refractivity contribution in [2.45, 2.75) is 19.8 Å². The van der Waals surface area contributed by atoms with Crippen molar-refractivity contribution in [3.05, 3.63) is 53.6 Å². The molecule has 0 amide bonds. The fourth-order valence-corrected chi connectivity index (χ4v) is 2.23. The van der Waals surface area contributed by atoms with Crippen LogP contribution >= 0.6 is 11.6 Å². The van der Waals surface area contributed by atoms with Crippen molar-refractivity contribution in [1.82, 2.24) is 14.5 Å². The molecule has 0 radical (unpaired) electrons. The zero-order valence-corrected chi connectivity index (χ0v) is 11.6. The number of halogens is 1. The van der Waals surface area contributed by atoms with Crippen LogP contribution in [0.1, 0.15) is 25.5 Å². The maximum Gasteiger partial charge on any atom is 0.100 e. The molecule has 96 valence electrons. The fourth-order valence-electron chi connectivity index (χ4n) is 2.07. The van der Waals surface area contributed by atoms with Crippen molar-refractivity contribution < 1.29 is 0 Å². The second kappa shape index (κ2) is 4.67. The Morgan fingerprint density at radius 2 is 1.95 bits per heavy atom. The minimum absolute atomic E-state index is 0.433. The fraction of sp³-hybridized carbons (Fsp3) is 0.200. The van der Waals surface area contributed by atoms with Crippen molar-refractivity contribution in [1.29, 1.82) is 0 Å². The molecule has 19 heavy (non-hydrogen) atoms. The van der Waals surface area contributed by atoms with Crippen molar-refractivity contribution in [2.75, 3.05) is 0 Å². The summed E-state index contributed by atoms with van der Waals surface area (Å²) in [5, 5.41) is 0.709. The Morgan fingerprint density at radius 1 is 1.11 bits per heavy atom. The molecule has 1 aromatic carbocycles. The van der Waals surface area contributed by atoms with Crippen LogP contribution in [0.5, 0.6) is 0 Å². The molecule has 4 heteroatoms. The molecule has 2 heterocycles. The Hall–Kier alpha value is -1.87. The van der Waals surface area contributed by atoms with Gasteiger partial charge in [-0.25, -0.2) is 4.98 Å². The van der Waals surface area contributed by atoms with E-state index >= 15 is 0 Å². The van der Waals surface area contributed by atoms with E-state index in [2.05, 4.69) is 35.9 Å². The summed E-state index contributed by atoms with van der Waals surface area (Å²) in [5.41, 5.74) is 4.00. The molecule has 0 N–H and O–H groups in total. The van der Waals surface area contributed by atoms with Gasteiger partial charge in [0, 0.05) is 10.7 Å². The van der Waals surface area contributed by atoms with Gasteiger partial charge in [-0.05, 0) is 36.2 Å². The molecule has 0 spiro atoms. The first kappa shape index (κ1) is 12.2. The third-order valence-corrected chi connectivity index (χ3v) is 3.38. The zero-order valence-electron chi connectivity index (χ0n) is 10.8. The van der Waals surface area contributed by atoms with Gasteiger partial charge in [-0.2, -0.15) is 0 Å². The van der Waals surface area contributed by atoms with Crippen LogP contribution in [0, 0.1) is 0 Å². The number of hydrogen-bond acceptors (Lipinski definition) is 2. The van der Waals surface area contributed by atoms with Crippen LogP contribution in [0.3, 0.4) is 0 Å². The number of nitrogens with zero attached hydrogens (tertiary/aromatic N) is 3. The lowest BCUT2D eigenvalue weighted by Gasteiger charge is -2.07. The van der Waals surface area contributed by atoms with E-state index in [1.54, 1.807) is 6.33 Å². The summed E-state index contributed by atoms with van der Waals surface area (Å²) in [5.74, 6) is 0.433. The summed E-state index contributed by atoms with van der Waals surface area (Å²) < 4.78 is 2.00.